The van der Waals surface area contributed by atoms with E-state index in [1.807, 2.05) is 0 Å². The third-order valence-electron chi connectivity index (χ3n) is 3.61. The first-order chi connectivity index (χ1) is 10.5. The molecule has 2 aromatic heterocycles. The van der Waals surface area contributed by atoms with E-state index in [-0.39, 0.29) is 17.8 Å². The van der Waals surface area contributed by atoms with Gasteiger partial charge in [-0.1, -0.05) is 0 Å². The quantitative estimate of drug-likeness (QED) is 0.553. The number of rotatable bonds is 1. The highest BCUT2D eigenvalue weighted by molar-refractivity contribution is 7.47. The van der Waals surface area contributed by atoms with Crippen LogP contribution in [0, 0.1) is 0 Å². The predicted octanol–water partition coefficient (Wildman–Crippen LogP) is -1.11. The monoisotopic (exact) mass is 330 g/mol. The van der Waals surface area contributed by atoms with Gasteiger partial charge in [0.15, 0.2) is 17.4 Å². The van der Waals surface area contributed by atoms with E-state index in [0.717, 1.165) is 0 Å². The van der Waals surface area contributed by atoms with Crippen LogP contribution in [0.2, 0.25) is 0 Å². The van der Waals surface area contributed by atoms with Crippen LogP contribution in [-0.4, -0.2) is 54.4 Å². The Bertz CT molecular complexity index is 834. The summed E-state index contributed by atoms with van der Waals surface area (Å²) < 4.78 is 27.9. The maximum absolute atomic E-state index is 11.6. The highest BCUT2D eigenvalue weighted by Crippen LogP contribution is 2.52. The minimum Gasteiger partial charge on any atom is -0.386 e. The Kier molecular flexibility index (Phi) is 2.98. The minimum atomic E-state index is -4.19. The normalized spacial score (nSPS) is 38.3. The third kappa shape index (κ3) is 2.02. The zero-order valence-electron chi connectivity index (χ0n) is 10.9. The van der Waals surface area contributed by atoms with Crippen molar-refractivity contribution < 1.29 is 28.3 Å². The fraction of sp³-hybridized carbons (Fsp3) is 0.500. The summed E-state index contributed by atoms with van der Waals surface area (Å²) in [7, 11) is -4.19. The summed E-state index contributed by atoms with van der Waals surface area (Å²) in [6.07, 6.45) is -1.43. The van der Waals surface area contributed by atoms with Crippen molar-refractivity contribution in [2.75, 3.05) is 6.61 Å². The molecule has 0 aromatic carbocycles. The highest BCUT2D eigenvalue weighted by Gasteiger charge is 2.52. The molecule has 2 aliphatic heterocycles. The van der Waals surface area contributed by atoms with Crippen molar-refractivity contribution in [2.45, 2.75) is 24.5 Å². The van der Waals surface area contributed by atoms with Crippen LogP contribution in [0.25, 0.3) is 11.2 Å². The van der Waals surface area contributed by atoms with E-state index in [1.54, 1.807) is 0 Å². The number of fused-ring (bicyclic) bond motifs is 2. The van der Waals surface area contributed by atoms with Gasteiger partial charge in [-0.25, -0.2) is 14.5 Å². The van der Waals surface area contributed by atoms with Gasteiger partial charge in [0.05, 0.1) is 19.3 Å². The first-order valence-corrected chi connectivity index (χ1v) is 7.85. The van der Waals surface area contributed by atoms with Gasteiger partial charge in [0, 0.05) is 0 Å². The smallest absolute Gasteiger partial charge is 0.386 e. The summed E-state index contributed by atoms with van der Waals surface area (Å²) in [6, 6.07) is 0. The zero-order valence-corrected chi connectivity index (χ0v) is 11.8. The number of ether oxygens (including phenoxy) is 1. The largest absolute Gasteiger partial charge is 0.472 e. The predicted molar refractivity (Wildman–Crippen MR) is 68.7 cm³/mol. The van der Waals surface area contributed by atoms with E-state index < -0.39 is 37.9 Å². The molecular formula is C10H11N4O7P. The number of hydrogen-bond acceptors (Lipinski definition) is 8. The molecule has 2 aliphatic rings. The Labute approximate surface area is 122 Å². The molecule has 0 saturated carbocycles. The summed E-state index contributed by atoms with van der Waals surface area (Å²) in [4.78, 5) is 31.3. The lowest BCUT2D eigenvalue weighted by Gasteiger charge is -2.27. The maximum Gasteiger partial charge on any atom is 0.472 e. The molecule has 1 unspecified atom stereocenters. The van der Waals surface area contributed by atoms with Crippen molar-refractivity contribution in [1.29, 1.82) is 0 Å². The van der Waals surface area contributed by atoms with Gasteiger partial charge in [-0.15, -0.1) is 0 Å². The number of aromatic amines is 1. The second-order valence-electron chi connectivity index (χ2n) is 4.95. The molecule has 4 heterocycles. The van der Waals surface area contributed by atoms with Gasteiger partial charge < -0.3 is 19.7 Å². The van der Waals surface area contributed by atoms with Gasteiger partial charge in [-0.3, -0.25) is 18.4 Å². The molecule has 118 valence electrons. The summed E-state index contributed by atoms with van der Waals surface area (Å²) in [6.45, 7) is -0.188. The number of imidazole rings is 1. The highest BCUT2D eigenvalue weighted by atomic mass is 31.2. The van der Waals surface area contributed by atoms with E-state index in [4.69, 9.17) is 9.26 Å². The second-order valence-corrected chi connectivity index (χ2v) is 6.35. The Hall–Kier alpha value is -1.62. The molecule has 0 aliphatic carbocycles. The summed E-state index contributed by atoms with van der Waals surface area (Å²) in [5, 5.41) is 10.3. The summed E-state index contributed by atoms with van der Waals surface area (Å²) in [5.74, 6) is 0. The number of hydrogen-bond donors (Lipinski definition) is 3. The summed E-state index contributed by atoms with van der Waals surface area (Å²) in [5.41, 5.74) is -0.106. The van der Waals surface area contributed by atoms with Crippen LogP contribution in [0.3, 0.4) is 0 Å². The van der Waals surface area contributed by atoms with Crippen molar-refractivity contribution in [2.24, 2.45) is 0 Å². The lowest BCUT2D eigenvalue weighted by Crippen LogP contribution is -2.39. The molecule has 2 aromatic rings. The first-order valence-electron chi connectivity index (χ1n) is 6.36. The molecule has 2 saturated heterocycles. The van der Waals surface area contributed by atoms with Crippen LogP contribution in [0.5, 0.6) is 0 Å². The number of nitrogens with one attached hydrogen (secondary N) is 1. The standard InChI is InChI=1S/C10H11N4O7P/c15-6-7-4(1-19-22(17,18)21-7)20-10(6)14-3-13-5-8(14)11-2-12-9(5)16/h2-4,6-7,10,15H,1H2,(H,17,18)(H,11,12,16)/t4-,6-,7-,10-/m1/s1. The number of nitrogens with zero attached hydrogens (tertiary/aromatic N) is 3. The molecule has 11 nitrogen and oxygen atoms in total. The van der Waals surface area contributed by atoms with Crippen molar-refractivity contribution in [1.82, 2.24) is 19.5 Å². The van der Waals surface area contributed by atoms with Gasteiger partial charge in [-0.05, 0) is 0 Å². The van der Waals surface area contributed by atoms with Gasteiger partial charge in [0.1, 0.15) is 18.3 Å². The van der Waals surface area contributed by atoms with Crippen molar-refractivity contribution in [3.63, 3.8) is 0 Å². The Morgan fingerprint density at radius 2 is 2.27 bits per heavy atom. The van der Waals surface area contributed by atoms with E-state index in [9.17, 15) is 19.4 Å². The molecule has 2 fully saturated rings. The third-order valence-corrected chi connectivity index (χ3v) is 4.59. The van der Waals surface area contributed by atoms with Crippen molar-refractivity contribution >= 4 is 19.0 Å². The molecule has 4 rings (SSSR count). The number of aliphatic hydroxyl groups is 1. The van der Waals surface area contributed by atoms with Crippen LogP contribution in [0.4, 0.5) is 0 Å². The molecule has 0 spiro atoms. The van der Waals surface area contributed by atoms with Gasteiger partial charge in [0.2, 0.25) is 0 Å². The Morgan fingerprint density at radius 3 is 3.09 bits per heavy atom. The van der Waals surface area contributed by atoms with Crippen LogP contribution >= 0.6 is 7.82 Å². The molecular weight excluding hydrogens is 319 g/mol. The maximum atomic E-state index is 11.6. The average Bonchev–Trinajstić information content (AvgIpc) is 3.01. The van der Waals surface area contributed by atoms with E-state index in [1.165, 1.54) is 17.2 Å². The van der Waals surface area contributed by atoms with Crippen molar-refractivity contribution in [3.8, 4) is 0 Å². The topological polar surface area (TPSA) is 149 Å². The fourth-order valence-corrected chi connectivity index (χ4v) is 3.58. The second kappa shape index (κ2) is 4.69. The number of aliphatic hydroxyl groups excluding tert-OH is 1. The molecule has 0 bridgehead atoms. The lowest BCUT2D eigenvalue weighted by atomic mass is 10.1. The number of H-pyrrole nitrogens is 1. The molecule has 3 N–H and O–H groups in total. The Balaban J connectivity index is 1.73. The first kappa shape index (κ1) is 14.0. The van der Waals surface area contributed by atoms with Crippen LogP contribution in [0.15, 0.2) is 17.4 Å². The van der Waals surface area contributed by atoms with E-state index in [2.05, 4.69) is 19.5 Å². The van der Waals surface area contributed by atoms with Crippen LogP contribution in [-0.2, 0) is 18.3 Å². The van der Waals surface area contributed by atoms with Crippen LogP contribution < -0.4 is 5.56 Å². The molecule has 5 atom stereocenters. The summed E-state index contributed by atoms with van der Waals surface area (Å²) >= 11 is 0. The number of phosphoric ester groups is 1. The lowest BCUT2D eigenvalue weighted by molar-refractivity contribution is -0.0664. The Morgan fingerprint density at radius 1 is 1.45 bits per heavy atom. The van der Waals surface area contributed by atoms with Crippen LogP contribution in [0.1, 0.15) is 6.23 Å². The molecule has 0 amide bonds. The minimum absolute atomic E-state index is 0.0955. The van der Waals surface area contributed by atoms with E-state index in [0.29, 0.717) is 0 Å². The van der Waals surface area contributed by atoms with Crippen molar-refractivity contribution in [3.05, 3.63) is 23.0 Å². The van der Waals surface area contributed by atoms with Gasteiger partial charge in [-0.2, -0.15) is 0 Å². The SMILES string of the molecule is O=c1[nH]cnc2c1ncn2[C@@H]1O[C@@H]2COP(=O)(O)O[C@H]2[C@H]1O. The van der Waals surface area contributed by atoms with E-state index >= 15 is 0 Å². The molecule has 0 radical (unpaired) electrons. The fourth-order valence-electron chi connectivity index (χ4n) is 2.61. The van der Waals surface area contributed by atoms with Gasteiger partial charge in [0.25, 0.3) is 5.56 Å². The number of aromatic nitrogens is 4. The average molecular weight is 330 g/mol. The van der Waals surface area contributed by atoms with Gasteiger partial charge >= 0.3 is 7.82 Å². The number of phosphoric acid groups is 1. The molecule has 12 heteroatoms. The zero-order chi connectivity index (χ0) is 15.5. The molecule has 22 heavy (non-hydrogen) atoms.